The van der Waals surface area contributed by atoms with Crippen LogP contribution in [0.15, 0.2) is 0 Å². The lowest BCUT2D eigenvalue weighted by Gasteiger charge is -2.13. The van der Waals surface area contributed by atoms with Crippen molar-refractivity contribution in [2.75, 3.05) is 13.1 Å². The summed E-state index contributed by atoms with van der Waals surface area (Å²) in [5.74, 6) is 7.58. The largest absolute Gasteiger partial charge is 0.316 e. The molecule has 0 bridgehead atoms. The molecule has 0 aromatic heterocycles. The molecule has 0 fully saturated rings. The fourth-order valence-corrected chi connectivity index (χ4v) is 1.38. The average Bonchev–Trinajstić information content (AvgIpc) is 2.12. The molecule has 0 spiro atoms. The molecule has 0 aliphatic rings. The Balaban J connectivity index is 3.26. The van der Waals surface area contributed by atoms with Crippen LogP contribution in [-0.4, -0.2) is 13.1 Å². The Hall–Kier alpha value is -0.480. The number of hydrogen-bond donors (Lipinski definition) is 1. The van der Waals surface area contributed by atoms with Crippen LogP contribution in [0.5, 0.6) is 0 Å². The van der Waals surface area contributed by atoms with Crippen molar-refractivity contribution >= 4 is 0 Å². The zero-order valence-electron chi connectivity index (χ0n) is 10.2. The van der Waals surface area contributed by atoms with Crippen molar-refractivity contribution in [3.8, 4) is 11.8 Å². The van der Waals surface area contributed by atoms with Gasteiger partial charge >= 0.3 is 0 Å². The maximum atomic E-state index is 3.49. The standard InChI is InChI=1S/C13H25N/c1-5-6-7-8-9-13(4)11-14-10-12(2)3/h12-14H,7-11H2,1-4H3. The van der Waals surface area contributed by atoms with E-state index in [-0.39, 0.29) is 0 Å². The van der Waals surface area contributed by atoms with Gasteiger partial charge in [-0.1, -0.05) is 20.8 Å². The molecule has 0 rings (SSSR count). The lowest BCUT2D eigenvalue weighted by Crippen LogP contribution is -2.25. The highest BCUT2D eigenvalue weighted by atomic mass is 14.9. The summed E-state index contributed by atoms with van der Waals surface area (Å²) in [5, 5.41) is 3.49. The third-order valence-electron chi connectivity index (χ3n) is 2.22. The van der Waals surface area contributed by atoms with Crippen molar-refractivity contribution in [2.24, 2.45) is 11.8 Å². The van der Waals surface area contributed by atoms with Crippen molar-refractivity contribution in [1.82, 2.24) is 5.32 Å². The summed E-state index contributed by atoms with van der Waals surface area (Å²) in [6.45, 7) is 11.0. The van der Waals surface area contributed by atoms with E-state index >= 15 is 0 Å². The Morgan fingerprint density at radius 2 is 1.86 bits per heavy atom. The molecular formula is C13H25N. The Morgan fingerprint density at radius 3 is 2.43 bits per heavy atom. The molecule has 0 saturated heterocycles. The summed E-state index contributed by atoms with van der Waals surface area (Å²) in [7, 11) is 0. The van der Waals surface area contributed by atoms with Crippen molar-refractivity contribution < 1.29 is 0 Å². The Morgan fingerprint density at radius 1 is 1.14 bits per heavy atom. The molecule has 1 N–H and O–H groups in total. The van der Waals surface area contributed by atoms with Gasteiger partial charge in [0.05, 0.1) is 0 Å². The van der Waals surface area contributed by atoms with Gasteiger partial charge < -0.3 is 5.32 Å². The second-order valence-electron chi connectivity index (χ2n) is 4.48. The van der Waals surface area contributed by atoms with Crippen LogP contribution in [0.25, 0.3) is 0 Å². The third-order valence-corrected chi connectivity index (χ3v) is 2.22. The van der Waals surface area contributed by atoms with Crippen LogP contribution in [0.3, 0.4) is 0 Å². The van der Waals surface area contributed by atoms with Crippen molar-refractivity contribution in [2.45, 2.75) is 47.0 Å². The minimum Gasteiger partial charge on any atom is -0.316 e. The van der Waals surface area contributed by atoms with Gasteiger partial charge in [-0.05, 0) is 44.7 Å². The molecule has 1 heteroatoms. The lowest BCUT2D eigenvalue weighted by atomic mass is 10.0. The van der Waals surface area contributed by atoms with Gasteiger partial charge in [0.2, 0.25) is 0 Å². The Labute approximate surface area is 89.7 Å². The van der Waals surface area contributed by atoms with Crippen molar-refractivity contribution in [3.63, 3.8) is 0 Å². The molecule has 0 radical (unpaired) electrons. The molecule has 82 valence electrons. The minimum atomic E-state index is 0.758. The van der Waals surface area contributed by atoms with Crippen LogP contribution in [0.1, 0.15) is 47.0 Å². The molecule has 0 aromatic carbocycles. The maximum absolute atomic E-state index is 3.49. The van der Waals surface area contributed by atoms with E-state index in [1.165, 1.54) is 12.8 Å². The molecule has 0 aliphatic carbocycles. The van der Waals surface area contributed by atoms with Gasteiger partial charge in [0.15, 0.2) is 0 Å². The highest BCUT2D eigenvalue weighted by Crippen LogP contribution is 2.06. The van der Waals surface area contributed by atoms with E-state index in [2.05, 4.69) is 37.9 Å². The molecule has 1 atom stereocenters. The molecular weight excluding hydrogens is 170 g/mol. The van der Waals surface area contributed by atoms with Crippen LogP contribution in [-0.2, 0) is 0 Å². The summed E-state index contributed by atoms with van der Waals surface area (Å²) in [6, 6.07) is 0. The SMILES string of the molecule is CC#CCCCC(C)CNCC(C)C. The highest BCUT2D eigenvalue weighted by molar-refractivity contribution is 4.94. The zero-order valence-corrected chi connectivity index (χ0v) is 10.2. The number of rotatable bonds is 7. The van der Waals surface area contributed by atoms with Gasteiger partial charge in [0, 0.05) is 6.42 Å². The summed E-state index contributed by atoms with van der Waals surface area (Å²) in [5.41, 5.74) is 0. The molecule has 0 saturated carbocycles. The predicted molar refractivity (Wildman–Crippen MR) is 64.2 cm³/mol. The number of unbranched alkanes of at least 4 members (excludes halogenated alkanes) is 1. The van der Waals surface area contributed by atoms with E-state index in [1.54, 1.807) is 0 Å². The number of nitrogens with one attached hydrogen (secondary N) is 1. The van der Waals surface area contributed by atoms with Gasteiger partial charge in [0.25, 0.3) is 0 Å². The van der Waals surface area contributed by atoms with Gasteiger partial charge in [-0.15, -0.1) is 11.8 Å². The summed E-state index contributed by atoms with van der Waals surface area (Å²) in [4.78, 5) is 0. The molecule has 0 heterocycles. The Kier molecular flexibility index (Phi) is 8.78. The minimum absolute atomic E-state index is 0.758. The lowest BCUT2D eigenvalue weighted by molar-refractivity contribution is 0.446. The summed E-state index contributed by atoms with van der Waals surface area (Å²) < 4.78 is 0. The first-order valence-electron chi connectivity index (χ1n) is 5.77. The number of hydrogen-bond acceptors (Lipinski definition) is 1. The van der Waals surface area contributed by atoms with Crippen molar-refractivity contribution in [3.05, 3.63) is 0 Å². The second kappa shape index (κ2) is 9.09. The van der Waals surface area contributed by atoms with Gasteiger partial charge in [-0.25, -0.2) is 0 Å². The van der Waals surface area contributed by atoms with Crippen LogP contribution < -0.4 is 5.32 Å². The summed E-state index contributed by atoms with van der Waals surface area (Å²) >= 11 is 0. The molecule has 0 aliphatic heterocycles. The molecule has 0 aromatic rings. The highest BCUT2D eigenvalue weighted by Gasteiger charge is 2.01. The zero-order chi connectivity index (χ0) is 10.8. The fourth-order valence-electron chi connectivity index (χ4n) is 1.38. The van der Waals surface area contributed by atoms with Crippen LogP contribution in [0.4, 0.5) is 0 Å². The summed E-state index contributed by atoms with van der Waals surface area (Å²) in [6.07, 6.45) is 3.59. The molecule has 1 nitrogen and oxygen atoms in total. The van der Waals surface area contributed by atoms with Crippen LogP contribution >= 0.6 is 0 Å². The van der Waals surface area contributed by atoms with E-state index in [0.717, 1.165) is 31.3 Å². The second-order valence-corrected chi connectivity index (χ2v) is 4.48. The van der Waals surface area contributed by atoms with Gasteiger partial charge in [0.1, 0.15) is 0 Å². The van der Waals surface area contributed by atoms with E-state index < -0.39 is 0 Å². The molecule has 0 amide bonds. The molecule has 1 unspecified atom stereocenters. The monoisotopic (exact) mass is 195 g/mol. The van der Waals surface area contributed by atoms with E-state index in [0.29, 0.717) is 0 Å². The first kappa shape index (κ1) is 13.5. The first-order valence-corrected chi connectivity index (χ1v) is 5.77. The maximum Gasteiger partial charge on any atom is 0.00886 e. The fraction of sp³-hybridized carbons (Fsp3) is 0.846. The van der Waals surface area contributed by atoms with Gasteiger partial charge in [-0.2, -0.15) is 0 Å². The third kappa shape index (κ3) is 9.61. The molecule has 14 heavy (non-hydrogen) atoms. The Bertz CT molecular complexity index is 173. The van der Waals surface area contributed by atoms with Crippen LogP contribution in [0.2, 0.25) is 0 Å². The van der Waals surface area contributed by atoms with E-state index in [9.17, 15) is 0 Å². The predicted octanol–water partition coefficient (Wildman–Crippen LogP) is 3.06. The van der Waals surface area contributed by atoms with Crippen molar-refractivity contribution in [1.29, 1.82) is 0 Å². The van der Waals surface area contributed by atoms with Crippen LogP contribution in [0, 0.1) is 23.7 Å². The first-order chi connectivity index (χ1) is 6.66. The van der Waals surface area contributed by atoms with Gasteiger partial charge in [-0.3, -0.25) is 0 Å². The van der Waals surface area contributed by atoms with E-state index in [1.807, 2.05) is 6.92 Å². The van der Waals surface area contributed by atoms with E-state index in [4.69, 9.17) is 0 Å². The quantitative estimate of drug-likeness (QED) is 0.486. The normalized spacial score (nSPS) is 12.4. The smallest absolute Gasteiger partial charge is 0.00886 e. The topological polar surface area (TPSA) is 12.0 Å². The average molecular weight is 195 g/mol.